The molecule has 22 heavy (non-hydrogen) atoms. The highest BCUT2D eigenvalue weighted by Gasteiger charge is 2.30. The van der Waals surface area contributed by atoms with Crippen LogP contribution < -0.4 is 5.32 Å². The highest BCUT2D eigenvalue weighted by atomic mass is 32.1. The Kier molecular flexibility index (Phi) is 2.98. The van der Waals surface area contributed by atoms with Gasteiger partial charge in [-0.15, -0.1) is 11.3 Å². The fourth-order valence-corrected chi connectivity index (χ4v) is 4.85. The van der Waals surface area contributed by atoms with Crippen molar-refractivity contribution in [1.82, 2.24) is 19.9 Å². The predicted octanol–water partition coefficient (Wildman–Crippen LogP) is 3.84. The second kappa shape index (κ2) is 5.03. The number of aromatic nitrogens is 3. The summed E-state index contributed by atoms with van der Waals surface area (Å²) >= 11 is 1.81. The Balaban J connectivity index is 1.78. The molecule has 1 aliphatic carbocycles. The molecule has 3 aromatic rings. The zero-order valence-electron chi connectivity index (χ0n) is 12.6. The molecule has 1 saturated carbocycles. The highest BCUT2D eigenvalue weighted by molar-refractivity contribution is 7.18. The van der Waals surface area contributed by atoms with Gasteiger partial charge >= 0.3 is 0 Å². The number of pyridine rings is 1. The molecule has 0 unspecified atom stereocenters. The minimum Gasteiger partial charge on any atom is -0.323 e. The van der Waals surface area contributed by atoms with E-state index in [1.54, 1.807) is 11.3 Å². The second-order valence-corrected chi connectivity index (χ2v) is 7.53. The van der Waals surface area contributed by atoms with Crippen molar-refractivity contribution in [2.45, 2.75) is 44.1 Å². The summed E-state index contributed by atoms with van der Waals surface area (Å²) in [5.74, 6) is 1.87. The lowest BCUT2D eigenvalue weighted by atomic mass is 9.94. The van der Waals surface area contributed by atoms with E-state index in [9.17, 15) is 0 Å². The molecule has 1 saturated heterocycles. The van der Waals surface area contributed by atoms with Crippen molar-refractivity contribution in [2.24, 2.45) is 0 Å². The van der Waals surface area contributed by atoms with Gasteiger partial charge in [-0.25, -0.2) is 4.98 Å². The summed E-state index contributed by atoms with van der Waals surface area (Å²) in [7, 11) is 0. The van der Waals surface area contributed by atoms with Crippen LogP contribution in [-0.4, -0.2) is 27.6 Å². The Morgan fingerprint density at radius 3 is 2.77 bits per heavy atom. The number of thiophene rings is 1. The number of hydrogen-bond acceptors (Lipinski definition) is 4. The summed E-state index contributed by atoms with van der Waals surface area (Å²) in [5, 5.41) is 5.55. The standard InChI is InChI=1S/C17H20N4S/c1-2-4-12(5-3-1)21-15-14(20-17(21)11-8-18-9-11)10-19-13-6-7-22-16(13)15/h6-7,10-12,18H,1-5,8-9H2. The quantitative estimate of drug-likeness (QED) is 0.782. The van der Waals surface area contributed by atoms with Gasteiger partial charge in [-0.1, -0.05) is 19.3 Å². The molecule has 4 nitrogen and oxygen atoms in total. The average molecular weight is 312 g/mol. The molecule has 1 N–H and O–H groups in total. The Bertz CT molecular complexity index is 824. The summed E-state index contributed by atoms with van der Waals surface area (Å²) in [6.07, 6.45) is 8.66. The third kappa shape index (κ3) is 1.85. The minimum absolute atomic E-state index is 0.573. The Labute approximate surface area is 133 Å². The molecule has 4 heterocycles. The lowest BCUT2D eigenvalue weighted by Crippen LogP contribution is -2.41. The predicted molar refractivity (Wildman–Crippen MR) is 90.6 cm³/mol. The van der Waals surface area contributed by atoms with Gasteiger partial charge in [0.05, 0.1) is 21.9 Å². The summed E-state index contributed by atoms with van der Waals surface area (Å²) in [5.41, 5.74) is 3.55. The molecule has 5 heteroatoms. The first-order chi connectivity index (χ1) is 10.9. The van der Waals surface area contributed by atoms with Crippen molar-refractivity contribution < 1.29 is 0 Å². The molecular weight excluding hydrogens is 292 g/mol. The van der Waals surface area contributed by atoms with Gasteiger partial charge in [-0.05, 0) is 24.3 Å². The van der Waals surface area contributed by atoms with E-state index in [-0.39, 0.29) is 0 Å². The van der Waals surface area contributed by atoms with Crippen LogP contribution in [0.5, 0.6) is 0 Å². The maximum absolute atomic E-state index is 5.01. The van der Waals surface area contributed by atoms with Crippen molar-refractivity contribution >= 4 is 32.6 Å². The Hall–Kier alpha value is -1.46. The summed E-state index contributed by atoms with van der Waals surface area (Å²) in [6, 6.07) is 2.75. The van der Waals surface area contributed by atoms with E-state index in [4.69, 9.17) is 4.98 Å². The highest BCUT2D eigenvalue weighted by Crippen LogP contribution is 2.38. The van der Waals surface area contributed by atoms with Crippen LogP contribution in [0.3, 0.4) is 0 Å². The van der Waals surface area contributed by atoms with Crippen molar-refractivity contribution in [3.05, 3.63) is 23.5 Å². The number of rotatable bonds is 2. The van der Waals surface area contributed by atoms with Crippen molar-refractivity contribution in [3.63, 3.8) is 0 Å². The van der Waals surface area contributed by atoms with E-state index < -0.39 is 0 Å². The van der Waals surface area contributed by atoms with Gasteiger partial charge < -0.3 is 9.88 Å². The minimum atomic E-state index is 0.573. The zero-order chi connectivity index (χ0) is 14.5. The first-order valence-corrected chi connectivity index (χ1v) is 9.24. The SMILES string of the molecule is c1cc2ncc3nc(C4CNC4)n(C4CCCCC4)c3c2s1. The smallest absolute Gasteiger partial charge is 0.115 e. The largest absolute Gasteiger partial charge is 0.323 e. The number of fused-ring (bicyclic) bond motifs is 3. The molecule has 0 spiro atoms. The first-order valence-electron chi connectivity index (χ1n) is 8.36. The van der Waals surface area contributed by atoms with E-state index in [2.05, 4.69) is 26.3 Å². The van der Waals surface area contributed by atoms with E-state index in [1.807, 2.05) is 6.20 Å². The van der Waals surface area contributed by atoms with Crippen LogP contribution in [0.1, 0.15) is 49.9 Å². The van der Waals surface area contributed by atoms with Crippen LogP contribution in [0, 0.1) is 0 Å². The van der Waals surface area contributed by atoms with E-state index >= 15 is 0 Å². The molecule has 0 aromatic carbocycles. The molecule has 0 amide bonds. The molecule has 0 atom stereocenters. The van der Waals surface area contributed by atoms with Gasteiger partial charge in [0.15, 0.2) is 0 Å². The van der Waals surface area contributed by atoms with Crippen LogP contribution in [0.4, 0.5) is 0 Å². The summed E-state index contributed by atoms with van der Waals surface area (Å²) in [4.78, 5) is 9.60. The van der Waals surface area contributed by atoms with Crippen LogP contribution in [0.25, 0.3) is 21.3 Å². The molecule has 1 aliphatic heterocycles. The van der Waals surface area contributed by atoms with Gasteiger partial charge in [0.25, 0.3) is 0 Å². The Morgan fingerprint density at radius 2 is 2.00 bits per heavy atom. The third-order valence-electron chi connectivity index (χ3n) is 5.24. The van der Waals surface area contributed by atoms with Gasteiger partial charge in [-0.2, -0.15) is 0 Å². The summed E-state index contributed by atoms with van der Waals surface area (Å²) < 4.78 is 3.91. The number of nitrogens with zero attached hydrogens (tertiary/aromatic N) is 3. The van der Waals surface area contributed by atoms with Crippen molar-refractivity contribution in [2.75, 3.05) is 13.1 Å². The van der Waals surface area contributed by atoms with Crippen LogP contribution >= 0.6 is 11.3 Å². The first kappa shape index (κ1) is 13.0. The fraction of sp³-hybridized carbons (Fsp3) is 0.529. The van der Waals surface area contributed by atoms with Crippen LogP contribution in [0.2, 0.25) is 0 Å². The normalized spacial score (nSPS) is 20.7. The molecule has 5 rings (SSSR count). The van der Waals surface area contributed by atoms with E-state index in [1.165, 1.54) is 48.1 Å². The number of nitrogens with one attached hydrogen (secondary N) is 1. The molecule has 3 aromatic heterocycles. The van der Waals surface area contributed by atoms with Gasteiger partial charge in [0.1, 0.15) is 11.3 Å². The van der Waals surface area contributed by atoms with Crippen LogP contribution in [0.15, 0.2) is 17.6 Å². The molecule has 0 radical (unpaired) electrons. The molecule has 2 fully saturated rings. The molecule has 2 aliphatic rings. The van der Waals surface area contributed by atoms with Gasteiger partial charge in [0.2, 0.25) is 0 Å². The fourth-order valence-electron chi connectivity index (χ4n) is 3.96. The average Bonchev–Trinajstić information content (AvgIpc) is 3.09. The maximum Gasteiger partial charge on any atom is 0.115 e. The summed E-state index contributed by atoms with van der Waals surface area (Å²) in [6.45, 7) is 2.13. The number of hydrogen-bond donors (Lipinski definition) is 1. The van der Waals surface area contributed by atoms with Gasteiger partial charge in [-0.3, -0.25) is 4.98 Å². The van der Waals surface area contributed by atoms with E-state index in [0.717, 1.165) is 24.1 Å². The van der Waals surface area contributed by atoms with Crippen molar-refractivity contribution in [1.29, 1.82) is 0 Å². The molecule has 0 bridgehead atoms. The topological polar surface area (TPSA) is 42.7 Å². The lowest BCUT2D eigenvalue weighted by Gasteiger charge is -2.31. The monoisotopic (exact) mass is 312 g/mol. The zero-order valence-corrected chi connectivity index (χ0v) is 13.4. The maximum atomic E-state index is 5.01. The van der Waals surface area contributed by atoms with Gasteiger partial charge in [0, 0.05) is 25.0 Å². The molecular formula is C17H20N4S. The van der Waals surface area contributed by atoms with Crippen molar-refractivity contribution in [3.8, 4) is 0 Å². The van der Waals surface area contributed by atoms with Crippen LogP contribution in [-0.2, 0) is 0 Å². The second-order valence-electron chi connectivity index (χ2n) is 6.61. The number of imidazole rings is 1. The lowest BCUT2D eigenvalue weighted by molar-refractivity contribution is 0.331. The Morgan fingerprint density at radius 1 is 1.14 bits per heavy atom. The molecule has 114 valence electrons. The third-order valence-corrected chi connectivity index (χ3v) is 6.15. The van der Waals surface area contributed by atoms with E-state index in [0.29, 0.717) is 12.0 Å².